The number of ether oxygens (including phenoxy) is 3. The number of carbonyl (C=O) groups is 2. The average molecular weight is 365 g/mol. The largest absolute Gasteiger partial charge is 0.493 e. The molecule has 0 aromatic heterocycles. The topological polar surface area (TPSA) is 74.2 Å². The number of rotatable bonds is 5. The minimum absolute atomic E-state index is 0.187. The van der Waals surface area contributed by atoms with Gasteiger partial charge >= 0.3 is 11.9 Å². The van der Waals surface area contributed by atoms with Gasteiger partial charge in [-0.05, 0) is 42.8 Å². The summed E-state index contributed by atoms with van der Waals surface area (Å²) < 4.78 is 15.8. The van der Waals surface area contributed by atoms with E-state index in [0.717, 1.165) is 11.1 Å². The highest BCUT2D eigenvalue weighted by Gasteiger charge is 2.24. The Hall–Kier alpha value is -3.41. The lowest BCUT2D eigenvalue weighted by Crippen LogP contribution is -2.06. The molecule has 0 N–H and O–H groups in total. The third kappa shape index (κ3) is 4.23. The Kier molecular flexibility index (Phi) is 5.35. The maximum absolute atomic E-state index is 12.1. The van der Waals surface area contributed by atoms with E-state index in [1.54, 1.807) is 31.2 Å². The first-order valence-corrected chi connectivity index (χ1v) is 8.48. The zero-order valence-electron chi connectivity index (χ0n) is 15.3. The van der Waals surface area contributed by atoms with Gasteiger partial charge in [-0.3, -0.25) is 4.79 Å². The van der Waals surface area contributed by atoms with Crippen molar-refractivity contribution in [2.45, 2.75) is 20.3 Å². The van der Waals surface area contributed by atoms with Crippen LogP contribution in [0.25, 0.3) is 6.08 Å². The molecule has 0 saturated carbocycles. The van der Waals surface area contributed by atoms with Crippen molar-refractivity contribution in [2.24, 2.45) is 4.99 Å². The van der Waals surface area contributed by atoms with Crippen molar-refractivity contribution < 1.29 is 23.8 Å². The molecule has 0 fully saturated rings. The maximum Gasteiger partial charge on any atom is 0.363 e. The molecule has 2 aromatic rings. The van der Waals surface area contributed by atoms with E-state index in [4.69, 9.17) is 14.2 Å². The highest BCUT2D eigenvalue weighted by molar-refractivity contribution is 6.12. The zero-order valence-corrected chi connectivity index (χ0v) is 15.3. The third-order valence-corrected chi connectivity index (χ3v) is 3.89. The van der Waals surface area contributed by atoms with Crippen molar-refractivity contribution in [3.63, 3.8) is 0 Å². The highest BCUT2D eigenvalue weighted by atomic mass is 16.6. The molecule has 0 aliphatic carbocycles. The van der Waals surface area contributed by atoms with E-state index in [1.165, 1.54) is 7.11 Å². The van der Waals surface area contributed by atoms with Crippen molar-refractivity contribution >= 4 is 23.9 Å². The smallest absolute Gasteiger partial charge is 0.363 e. The second-order valence-corrected chi connectivity index (χ2v) is 5.94. The number of cyclic esters (lactones) is 1. The quantitative estimate of drug-likeness (QED) is 0.459. The number of aliphatic imine (C=N–C) groups is 1. The standard InChI is InChI=1S/C21H19NO5/c1-4-19(23)26-17-9-8-14(12-18(17)25-3)11-16-21(24)27-20(22-16)15-7-5-6-13(2)10-15/h5-12H,4H2,1-3H3/b16-11-. The lowest BCUT2D eigenvalue weighted by molar-refractivity contribution is -0.134. The molecule has 1 heterocycles. The van der Waals surface area contributed by atoms with Crippen molar-refractivity contribution in [3.05, 3.63) is 64.9 Å². The summed E-state index contributed by atoms with van der Waals surface area (Å²) in [6, 6.07) is 12.6. The normalized spacial score (nSPS) is 14.7. The van der Waals surface area contributed by atoms with Gasteiger partial charge in [0.25, 0.3) is 0 Å². The molecule has 138 valence electrons. The molecule has 1 aliphatic rings. The predicted molar refractivity (Wildman–Crippen MR) is 101 cm³/mol. The van der Waals surface area contributed by atoms with E-state index in [2.05, 4.69) is 4.99 Å². The van der Waals surface area contributed by atoms with Crippen LogP contribution in [0.15, 0.2) is 53.2 Å². The van der Waals surface area contributed by atoms with Crippen molar-refractivity contribution in [1.29, 1.82) is 0 Å². The van der Waals surface area contributed by atoms with E-state index in [9.17, 15) is 9.59 Å². The van der Waals surface area contributed by atoms with E-state index in [1.807, 2.05) is 31.2 Å². The van der Waals surface area contributed by atoms with E-state index in [-0.39, 0.29) is 24.0 Å². The minimum atomic E-state index is -0.521. The summed E-state index contributed by atoms with van der Waals surface area (Å²) in [5.74, 6) is 0.110. The monoisotopic (exact) mass is 365 g/mol. The van der Waals surface area contributed by atoms with Crippen molar-refractivity contribution in [1.82, 2.24) is 0 Å². The molecular formula is C21H19NO5. The SMILES string of the molecule is CCC(=O)Oc1ccc(/C=C2\N=C(c3cccc(C)c3)OC2=O)cc1OC. The Morgan fingerprint density at radius 1 is 1.19 bits per heavy atom. The number of carbonyl (C=O) groups excluding carboxylic acids is 2. The summed E-state index contributed by atoms with van der Waals surface area (Å²) in [6.45, 7) is 3.67. The number of hydrogen-bond donors (Lipinski definition) is 0. The summed E-state index contributed by atoms with van der Waals surface area (Å²) in [6.07, 6.45) is 1.86. The number of benzene rings is 2. The highest BCUT2D eigenvalue weighted by Crippen LogP contribution is 2.30. The molecule has 3 rings (SSSR count). The van der Waals surface area contributed by atoms with Crippen molar-refractivity contribution in [2.75, 3.05) is 7.11 Å². The van der Waals surface area contributed by atoms with E-state index < -0.39 is 5.97 Å². The van der Waals surface area contributed by atoms with Gasteiger partial charge in [0.15, 0.2) is 17.2 Å². The van der Waals surface area contributed by atoms with Gasteiger partial charge in [-0.15, -0.1) is 0 Å². The molecular weight excluding hydrogens is 346 g/mol. The van der Waals surface area contributed by atoms with E-state index in [0.29, 0.717) is 17.1 Å². The van der Waals surface area contributed by atoms with Crippen LogP contribution in [0.3, 0.4) is 0 Å². The molecule has 6 nitrogen and oxygen atoms in total. The second kappa shape index (κ2) is 7.86. The Bertz CT molecular complexity index is 959. The molecule has 27 heavy (non-hydrogen) atoms. The number of nitrogens with zero attached hydrogens (tertiary/aromatic N) is 1. The average Bonchev–Trinajstić information content (AvgIpc) is 3.03. The number of methoxy groups -OCH3 is 1. The van der Waals surface area contributed by atoms with Crippen LogP contribution in [0, 0.1) is 6.92 Å². The Morgan fingerprint density at radius 3 is 2.70 bits per heavy atom. The lowest BCUT2D eigenvalue weighted by Gasteiger charge is -2.09. The maximum atomic E-state index is 12.1. The fourth-order valence-corrected chi connectivity index (χ4v) is 2.52. The Balaban J connectivity index is 1.89. The van der Waals surface area contributed by atoms with Gasteiger partial charge in [-0.25, -0.2) is 9.79 Å². The first-order valence-electron chi connectivity index (χ1n) is 8.48. The fraction of sp³-hybridized carbons (Fsp3) is 0.190. The minimum Gasteiger partial charge on any atom is -0.493 e. The van der Waals surface area contributed by atoms with Gasteiger partial charge in [0, 0.05) is 12.0 Å². The predicted octanol–water partition coefficient (Wildman–Crippen LogP) is 3.66. The summed E-state index contributed by atoms with van der Waals surface area (Å²) in [5.41, 5.74) is 2.65. The summed E-state index contributed by atoms with van der Waals surface area (Å²) in [4.78, 5) is 27.9. The van der Waals surface area contributed by atoms with E-state index >= 15 is 0 Å². The van der Waals surface area contributed by atoms with Crippen LogP contribution >= 0.6 is 0 Å². The number of aryl methyl sites for hydroxylation is 1. The third-order valence-electron chi connectivity index (χ3n) is 3.89. The summed E-state index contributed by atoms with van der Waals surface area (Å²) in [7, 11) is 1.48. The van der Waals surface area contributed by atoms with Crippen LogP contribution in [-0.4, -0.2) is 24.9 Å². The van der Waals surface area contributed by atoms with Crippen LogP contribution in [0.5, 0.6) is 11.5 Å². The molecule has 6 heteroatoms. The molecule has 0 amide bonds. The van der Waals surface area contributed by atoms with Gasteiger partial charge in [-0.2, -0.15) is 0 Å². The summed E-state index contributed by atoms with van der Waals surface area (Å²) in [5, 5.41) is 0. The van der Waals surface area contributed by atoms with Gasteiger partial charge in [0.05, 0.1) is 7.11 Å². The molecule has 0 saturated heterocycles. The Labute approximate surface area is 157 Å². The molecule has 2 aromatic carbocycles. The number of hydrogen-bond acceptors (Lipinski definition) is 6. The second-order valence-electron chi connectivity index (χ2n) is 5.94. The molecule has 0 unspecified atom stereocenters. The van der Waals surface area contributed by atoms with Gasteiger partial charge in [-0.1, -0.05) is 30.7 Å². The molecule has 0 radical (unpaired) electrons. The first kappa shape index (κ1) is 18.4. The van der Waals surface area contributed by atoms with Gasteiger partial charge < -0.3 is 14.2 Å². The van der Waals surface area contributed by atoms with Gasteiger partial charge in [0.2, 0.25) is 5.90 Å². The zero-order chi connectivity index (χ0) is 19.4. The van der Waals surface area contributed by atoms with Crippen LogP contribution in [0.1, 0.15) is 30.0 Å². The molecule has 1 aliphatic heterocycles. The number of esters is 2. The summed E-state index contributed by atoms with van der Waals surface area (Å²) >= 11 is 0. The first-order chi connectivity index (χ1) is 13.0. The van der Waals surface area contributed by atoms with Crippen LogP contribution in [-0.2, 0) is 14.3 Å². The molecule has 0 atom stereocenters. The fourth-order valence-electron chi connectivity index (χ4n) is 2.52. The molecule has 0 bridgehead atoms. The van der Waals surface area contributed by atoms with Crippen LogP contribution < -0.4 is 9.47 Å². The van der Waals surface area contributed by atoms with Crippen molar-refractivity contribution in [3.8, 4) is 11.5 Å². The molecule has 0 spiro atoms. The lowest BCUT2D eigenvalue weighted by atomic mass is 10.1. The Morgan fingerprint density at radius 2 is 2.00 bits per heavy atom. The van der Waals surface area contributed by atoms with Crippen LogP contribution in [0.4, 0.5) is 0 Å². The van der Waals surface area contributed by atoms with Gasteiger partial charge in [0.1, 0.15) is 0 Å². The van der Waals surface area contributed by atoms with Crippen LogP contribution in [0.2, 0.25) is 0 Å².